The first-order chi connectivity index (χ1) is 13.2. The van der Waals surface area contributed by atoms with Crippen molar-refractivity contribution in [3.63, 3.8) is 0 Å². The van der Waals surface area contributed by atoms with Crippen molar-refractivity contribution < 1.29 is 9.53 Å². The lowest BCUT2D eigenvalue weighted by molar-refractivity contribution is 0.0954. The van der Waals surface area contributed by atoms with Crippen molar-refractivity contribution in [3.05, 3.63) is 60.2 Å². The van der Waals surface area contributed by atoms with Crippen LogP contribution in [0, 0.1) is 0 Å². The number of anilines is 1. The van der Waals surface area contributed by atoms with Crippen molar-refractivity contribution in [1.82, 2.24) is 9.80 Å². The summed E-state index contributed by atoms with van der Waals surface area (Å²) < 4.78 is 5.26. The molecule has 1 aliphatic carbocycles. The van der Waals surface area contributed by atoms with Crippen LogP contribution in [0.25, 0.3) is 0 Å². The van der Waals surface area contributed by atoms with E-state index in [4.69, 9.17) is 4.74 Å². The van der Waals surface area contributed by atoms with Crippen molar-refractivity contribution >= 4 is 11.7 Å². The maximum Gasteiger partial charge on any atom is 0.322 e. The number of carbonyl (C=O) groups is 1. The highest BCUT2D eigenvalue weighted by molar-refractivity contribution is 5.89. The third-order valence-electron chi connectivity index (χ3n) is 5.47. The van der Waals surface area contributed by atoms with E-state index in [1.165, 1.54) is 18.4 Å². The smallest absolute Gasteiger partial charge is 0.322 e. The topological polar surface area (TPSA) is 44.8 Å². The van der Waals surface area contributed by atoms with Gasteiger partial charge in [0.1, 0.15) is 5.75 Å². The summed E-state index contributed by atoms with van der Waals surface area (Å²) >= 11 is 0. The number of piperazine rings is 1. The lowest BCUT2D eigenvalue weighted by atomic mass is 10.0. The zero-order valence-corrected chi connectivity index (χ0v) is 15.8. The summed E-state index contributed by atoms with van der Waals surface area (Å²) in [6, 6.07) is 18.9. The second-order valence-corrected chi connectivity index (χ2v) is 7.43. The molecule has 5 heteroatoms. The molecule has 2 aliphatic rings. The number of nitrogens with zero attached hydrogens (tertiary/aromatic N) is 2. The van der Waals surface area contributed by atoms with E-state index in [0.717, 1.165) is 43.5 Å². The Balaban J connectivity index is 1.48. The molecule has 2 amide bonds. The molecule has 1 heterocycles. The molecule has 5 nitrogen and oxygen atoms in total. The minimum Gasteiger partial charge on any atom is -0.497 e. The summed E-state index contributed by atoms with van der Waals surface area (Å²) in [5, 5.41) is 3.05. The van der Waals surface area contributed by atoms with Crippen LogP contribution in [0.3, 0.4) is 0 Å². The van der Waals surface area contributed by atoms with Gasteiger partial charge in [-0.15, -0.1) is 0 Å². The fourth-order valence-corrected chi connectivity index (χ4v) is 3.88. The van der Waals surface area contributed by atoms with Gasteiger partial charge < -0.3 is 15.0 Å². The highest BCUT2D eigenvalue weighted by atomic mass is 16.5. The molecular weight excluding hydrogens is 338 g/mol. The maximum absolute atomic E-state index is 13.0. The van der Waals surface area contributed by atoms with Crippen LogP contribution >= 0.6 is 0 Å². The predicted octanol–water partition coefficient (Wildman–Crippen LogP) is 3.62. The number of carbonyl (C=O) groups excluding carboxylic acids is 1. The molecule has 1 unspecified atom stereocenters. The van der Waals surface area contributed by atoms with E-state index in [0.29, 0.717) is 0 Å². The van der Waals surface area contributed by atoms with E-state index >= 15 is 0 Å². The van der Waals surface area contributed by atoms with Gasteiger partial charge in [-0.05, 0) is 37.0 Å². The largest absolute Gasteiger partial charge is 0.497 e. The van der Waals surface area contributed by atoms with Crippen molar-refractivity contribution in [1.29, 1.82) is 0 Å². The Morgan fingerprint density at radius 2 is 1.93 bits per heavy atom. The minimum atomic E-state index is -0.0281. The van der Waals surface area contributed by atoms with E-state index in [2.05, 4.69) is 34.5 Å². The Morgan fingerprint density at radius 1 is 1.11 bits per heavy atom. The monoisotopic (exact) mass is 365 g/mol. The fourth-order valence-electron chi connectivity index (χ4n) is 3.88. The fraction of sp³-hybridized carbons (Fsp3) is 0.409. The normalized spacial score (nSPS) is 20.3. The first-order valence-corrected chi connectivity index (χ1v) is 9.72. The van der Waals surface area contributed by atoms with Gasteiger partial charge >= 0.3 is 6.03 Å². The second kappa shape index (κ2) is 8.01. The van der Waals surface area contributed by atoms with Crippen LogP contribution in [0.15, 0.2) is 54.6 Å². The van der Waals surface area contributed by atoms with E-state index < -0.39 is 0 Å². The van der Waals surface area contributed by atoms with Gasteiger partial charge in [-0.3, -0.25) is 4.90 Å². The average molecular weight is 365 g/mol. The first-order valence-electron chi connectivity index (χ1n) is 9.72. The summed E-state index contributed by atoms with van der Waals surface area (Å²) in [5.74, 6) is 0.743. The van der Waals surface area contributed by atoms with E-state index in [1.807, 2.05) is 35.2 Å². The molecule has 0 aromatic heterocycles. The molecule has 27 heavy (non-hydrogen) atoms. The molecule has 1 saturated heterocycles. The Morgan fingerprint density at radius 3 is 2.67 bits per heavy atom. The van der Waals surface area contributed by atoms with Gasteiger partial charge in [-0.1, -0.05) is 36.4 Å². The van der Waals surface area contributed by atoms with Gasteiger partial charge in [0.05, 0.1) is 13.2 Å². The van der Waals surface area contributed by atoms with Crippen LogP contribution in [0.2, 0.25) is 0 Å². The quantitative estimate of drug-likeness (QED) is 0.880. The van der Waals surface area contributed by atoms with Gasteiger partial charge in [-0.2, -0.15) is 0 Å². The van der Waals surface area contributed by atoms with Crippen LogP contribution in [0.4, 0.5) is 10.5 Å². The SMILES string of the molecule is COc1cccc(NC(=O)N2CCN(C3CC3)CC2Cc2ccccc2)c1. The van der Waals surface area contributed by atoms with Crippen LogP contribution in [0.5, 0.6) is 5.75 Å². The lowest BCUT2D eigenvalue weighted by Gasteiger charge is -2.41. The highest BCUT2D eigenvalue weighted by Gasteiger charge is 2.37. The number of urea groups is 1. The molecule has 2 aromatic rings. The third-order valence-corrected chi connectivity index (χ3v) is 5.47. The van der Waals surface area contributed by atoms with Gasteiger partial charge in [-0.25, -0.2) is 4.79 Å². The second-order valence-electron chi connectivity index (χ2n) is 7.43. The highest BCUT2D eigenvalue weighted by Crippen LogP contribution is 2.30. The number of benzene rings is 2. The summed E-state index contributed by atoms with van der Waals surface area (Å²) in [6.45, 7) is 2.68. The number of rotatable bonds is 5. The summed E-state index contributed by atoms with van der Waals surface area (Å²) in [5.41, 5.74) is 2.04. The standard InChI is InChI=1S/C22H27N3O2/c1-27-21-9-5-8-18(15-21)23-22(26)25-13-12-24(19-10-11-19)16-20(25)14-17-6-3-2-4-7-17/h2-9,15,19-20H,10-14,16H2,1H3,(H,23,26). The van der Waals surface area contributed by atoms with Crippen molar-refractivity contribution in [2.45, 2.75) is 31.3 Å². The molecule has 1 N–H and O–H groups in total. The van der Waals surface area contributed by atoms with E-state index in [9.17, 15) is 4.79 Å². The number of hydrogen-bond donors (Lipinski definition) is 1. The molecule has 0 bridgehead atoms. The summed E-state index contributed by atoms with van der Waals surface area (Å²) in [7, 11) is 1.63. The molecule has 4 rings (SSSR count). The molecule has 0 spiro atoms. The van der Waals surface area contributed by atoms with Crippen LogP contribution in [0.1, 0.15) is 18.4 Å². The van der Waals surface area contributed by atoms with E-state index in [-0.39, 0.29) is 12.1 Å². The van der Waals surface area contributed by atoms with Gasteiger partial charge in [0, 0.05) is 37.4 Å². The summed E-state index contributed by atoms with van der Waals surface area (Å²) in [4.78, 5) is 17.6. The molecular formula is C22H27N3O2. The molecule has 142 valence electrons. The zero-order valence-electron chi connectivity index (χ0n) is 15.8. The molecule has 1 saturated carbocycles. The number of hydrogen-bond acceptors (Lipinski definition) is 3. The number of nitrogens with one attached hydrogen (secondary N) is 1. The molecule has 0 radical (unpaired) electrons. The average Bonchev–Trinajstić information content (AvgIpc) is 3.54. The van der Waals surface area contributed by atoms with Gasteiger partial charge in [0.15, 0.2) is 0 Å². The zero-order chi connectivity index (χ0) is 18.6. The van der Waals surface area contributed by atoms with Crippen molar-refractivity contribution in [2.75, 3.05) is 32.1 Å². The van der Waals surface area contributed by atoms with Gasteiger partial charge in [0.25, 0.3) is 0 Å². The first kappa shape index (κ1) is 17.9. The van der Waals surface area contributed by atoms with Gasteiger partial charge in [0.2, 0.25) is 0 Å². The molecule has 1 atom stereocenters. The number of amides is 2. The molecule has 1 aliphatic heterocycles. The maximum atomic E-state index is 13.0. The van der Waals surface area contributed by atoms with Crippen molar-refractivity contribution in [2.24, 2.45) is 0 Å². The number of ether oxygens (including phenoxy) is 1. The minimum absolute atomic E-state index is 0.0281. The summed E-state index contributed by atoms with van der Waals surface area (Å²) in [6.07, 6.45) is 3.48. The van der Waals surface area contributed by atoms with Crippen molar-refractivity contribution in [3.8, 4) is 5.75 Å². The lowest BCUT2D eigenvalue weighted by Crippen LogP contribution is -2.57. The Labute approximate surface area is 160 Å². The molecule has 2 aromatic carbocycles. The van der Waals surface area contributed by atoms with E-state index in [1.54, 1.807) is 7.11 Å². The Bertz CT molecular complexity index is 776. The molecule has 2 fully saturated rings. The Hall–Kier alpha value is -2.53. The van der Waals surface area contributed by atoms with Crippen LogP contribution in [-0.2, 0) is 6.42 Å². The predicted molar refractivity (Wildman–Crippen MR) is 107 cm³/mol. The third kappa shape index (κ3) is 4.42. The van der Waals surface area contributed by atoms with Crippen LogP contribution < -0.4 is 10.1 Å². The number of methoxy groups -OCH3 is 1. The van der Waals surface area contributed by atoms with Crippen LogP contribution in [-0.4, -0.2) is 54.7 Å². The Kier molecular flexibility index (Phi) is 5.30.